The number of aromatic nitrogens is 1. The maximum Gasteiger partial charge on any atom is 0.253 e. The minimum atomic E-state index is -3.63. The second-order valence-electron chi connectivity index (χ2n) is 8.19. The Morgan fingerprint density at radius 3 is 2.48 bits per heavy atom. The smallest absolute Gasteiger partial charge is 0.253 e. The molecule has 2 aliphatic heterocycles. The molecule has 3 aromatic rings. The summed E-state index contributed by atoms with van der Waals surface area (Å²) < 4.78 is 33.8. The van der Waals surface area contributed by atoms with Crippen molar-refractivity contribution in [3.8, 4) is 0 Å². The molecule has 0 aliphatic carbocycles. The number of rotatable bonds is 5. The molecule has 2 fully saturated rings. The van der Waals surface area contributed by atoms with Gasteiger partial charge in [0.05, 0.1) is 34.9 Å². The number of carbonyl (C=O) groups is 1. The average Bonchev–Trinajstić information content (AvgIpc) is 3.27. The molecule has 0 saturated carbocycles. The molecule has 2 aromatic carbocycles. The van der Waals surface area contributed by atoms with E-state index < -0.39 is 10.0 Å². The second kappa shape index (κ2) is 9.47. The zero-order chi connectivity index (χ0) is 22.8. The third kappa shape index (κ3) is 4.80. The third-order valence-corrected chi connectivity index (χ3v) is 8.96. The summed E-state index contributed by atoms with van der Waals surface area (Å²) in [5.74, 6) is -0.131. The van der Waals surface area contributed by atoms with E-state index in [0.717, 1.165) is 30.2 Å². The molecule has 1 aromatic heterocycles. The first-order chi connectivity index (χ1) is 16.0. The Morgan fingerprint density at radius 1 is 0.970 bits per heavy atom. The van der Waals surface area contributed by atoms with Crippen molar-refractivity contribution in [1.82, 2.24) is 19.1 Å². The topological polar surface area (TPSA) is 83.0 Å². The molecule has 0 radical (unpaired) electrons. The summed E-state index contributed by atoms with van der Waals surface area (Å²) in [5.41, 5.74) is 1.43. The average molecular weight is 487 g/mol. The Balaban J connectivity index is 1.22. The highest BCUT2D eigenvalue weighted by Crippen LogP contribution is 2.24. The van der Waals surface area contributed by atoms with E-state index in [1.54, 1.807) is 34.4 Å². The van der Waals surface area contributed by atoms with Crippen LogP contribution in [0.4, 0.5) is 0 Å². The summed E-state index contributed by atoms with van der Waals surface area (Å²) in [5, 5.41) is 1.08. The monoisotopic (exact) mass is 486 g/mol. The molecule has 0 unspecified atom stereocenters. The zero-order valence-corrected chi connectivity index (χ0v) is 19.9. The zero-order valence-electron chi connectivity index (χ0n) is 18.2. The number of morpholine rings is 1. The van der Waals surface area contributed by atoms with Gasteiger partial charge in [0.2, 0.25) is 10.0 Å². The van der Waals surface area contributed by atoms with E-state index >= 15 is 0 Å². The number of fused-ring (bicyclic) bond motifs is 1. The van der Waals surface area contributed by atoms with Crippen LogP contribution in [0.25, 0.3) is 10.2 Å². The number of benzene rings is 2. The van der Waals surface area contributed by atoms with Gasteiger partial charge in [-0.25, -0.2) is 13.4 Å². The fourth-order valence-electron chi connectivity index (χ4n) is 4.20. The minimum Gasteiger partial charge on any atom is -0.379 e. The molecule has 0 atom stereocenters. The van der Waals surface area contributed by atoms with Crippen LogP contribution >= 0.6 is 11.3 Å². The quantitative estimate of drug-likeness (QED) is 0.550. The first-order valence-electron chi connectivity index (χ1n) is 11.0. The molecular formula is C23H26N4O4S2. The van der Waals surface area contributed by atoms with Crippen molar-refractivity contribution in [1.29, 1.82) is 0 Å². The van der Waals surface area contributed by atoms with Crippen molar-refractivity contribution in [2.24, 2.45) is 0 Å². The van der Waals surface area contributed by atoms with Gasteiger partial charge in [0.1, 0.15) is 5.01 Å². The number of nitrogens with zero attached hydrogens (tertiary/aromatic N) is 4. The second-order valence-corrected chi connectivity index (χ2v) is 11.2. The lowest BCUT2D eigenvalue weighted by atomic mass is 10.2. The Hall–Kier alpha value is -2.37. The Bertz CT molecular complexity index is 1210. The molecule has 8 nitrogen and oxygen atoms in total. The van der Waals surface area contributed by atoms with Gasteiger partial charge in [-0.3, -0.25) is 9.69 Å². The number of hydrogen-bond acceptors (Lipinski definition) is 7. The maximum absolute atomic E-state index is 13.1. The first-order valence-corrected chi connectivity index (χ1v) is 13.3. The van der Waals surface area contributed by atoms with Crippen LogP contribution in [-0.2, 0) is 21.3 Å². The Labute approximate surface area is 197 Å². The lowest BCUT2D eigenvalue weighted by Crippen LogP contribution is -2.48. The van der Waals surface area contributed by atoms with Crippen LogP contribution in [-0.4, -0.2) is 85.9 Å². The maximum atomic E-state index is 13.1. The van der Waals surface area contributed by atoms with Crippen molar-refractivity contribution in [3.05, 3.63) is 59.1 Å². The number of ether oxygens (including phenoxy) is 1. The van der Waals surface area contributed by atoms with Crippen LogP contribution in [0, 0.1) is 0 Å². The number of sulfonamides is 1. The van der Waals surface area contributed by atoms with Crippen molar-refractivity contribution >= 4 is 37.5 Å². The molecule has 174 valence electrons. The van der Waals surface area contributed by atoms with Crippen LogP contribution in [0.1, 0.15) is 15.4 Å². The largest absolute Gasteiger partial charge is 0.379 e. The van der Waals surface area contributed by atoms with E-state index in [-0.39, 0.29) is 10.8 Å². The van der Waals surface area contributed by atoms with Crippen LogP contribution in [0.15, 0.2) is 53.4 Å². The Kier molecular flexibility index (Phi) is 6.44. The van der Waals surface area contributed by atoms with Gasteiger partial charge in [-0.05, 0) is 30.3 Å². The summed E-state index contributed by atoms with van der Waals surface area (Å²) in [6, 6.07) is 14.5. The van der Waals surface area contributed by atoms with E-state index in [9.17, 15) is 13.2 Å². The van der Waals surface area contributed by atoms with Crippen LogP contribution in [0.5, 0.6) is 0 Å². The van der Waals surface area contributed by atoms with Crippen molar-refractivity contribution in [3.63, 3.8) is 0 Å². The van der Waals surface area contributed by atoms with Crippen molar-refractivity contribution < 1.29 is 17.9 Å². The minimum absolute atomic E-state index is 0.131. The first kappa shape index (κ1) is 22.4. The predicted molar refractivity (Wildman–Crippen MR) is 127 cm³/mol. The van der Waals surface area contributed by atoms with Crippen molar-refractivity contribution in [2.45, 2.75) is 11.4 Å². The lowest BCUT2D eigenvalue weighted by Gasteiger charge is -2.34. The summed E-state index contributed by atoms with van der Waals surface area (Å²) in [4.78, 5) is 22.1. The van der Waals surface area contributed by atoms with Gasteiger partial charge in [0.25, 0.3) is 5.91 Å². The lowest BCUT2D eigenvalue weighted by molar-refractivity contribution is 0.0628. The highest BCUT2D eigenvalue weighted by atomic mass is 32.2. The van der Waals surface area contributed by atoms with E-state index in [1.807, 2.05) is 18.2 Å². The van der Waals surface area contributed by atoms with Crippen LogP contribution in [0.2, 0.25) is 0 Å². The van der Waals surface area contributed by atoms with Crippen molar-refractivity contribution in [2.75, 3.05) is 52.5 Å². The molecule has 2 aliphatic rings. The summed E-state index contributed by atoms with van der Waals surface area (Å²) in [7, 11) is -3.63. The molecule has 5 rings (SSSR count). The van der Waals surface area contributed by atoms with Crippen LogP contribution < -0.4 is 0 Å². The Morgan fingerprint density at radius 2 is 1.73 bits per heavy atom. The van der Waals surface area contributed by atoms with Crippen LogP contribution in [0.3, 0.4) is 0 Å². The molecule has 33 heavy (non-hydrogen) atoms. The number of carbonyl (C=O) groups excluding carboxylic acids is 1. The predicted octanol–water partition coefficient (Wildman–Crippen LogP) is 2.28. The summed E-state index contributed by atoms with van der Waals surface area (Å²) >= 11 is 1.71. The van der Waals surface area contributed by atoms with Gasteiger partial charge in [0, 0.05) is 44.8 Å². The molecule has 1 amide bonds. The van der Waals surface area contributed by atoms with Gasteiger partial charge in [-0.15, -0.1) is 11.3 Å². The highest BCUT2D eigenvalue weighted by Gasteiger charge is 2.28. The molecule has 0 bridgehead atoms. The number of piperazine rings is 1. The van der Waals surface area contributed by atoms with Gasteiger partial charge in [-0.1, -0.05) is 18.2 Å². The molecule has 0 N–H and O–H groups in total. The molecule has 0 spiro atoms. The third-order valence-electron chi connectivity index (χ3n) is 6.05. The summed E-state index contributed by atoms with van der Waals surface area (Å²) in [6.45, 7) is 4.93. The van der Waals surface area contributed by atoms with E-state index in [4.69, 9.17) is 9.72 Å². The van der Waals surface area contributed by atoms with E-state index in [2.05, 4.69) is 11.0 Å². The van der Waals surface area contributed by atoms with E-state index in [1.165, 1.54) is 15.1 Å². The number of thiazole rings is 1. The molecule has 3 heterocycles. The molecule has 10 heteroatoms. The van der Waals surface area contributed by atoms with Gasteiger partial charge in [-0.2, -0.15) is 4.31 Å². The number of para-hydroxylation sites is 1. The van der Waals surface area contributed by atoms with Gasteiger partial charge >= 0.3 is 0 Å². The normalized spacial score (nSPS) is 18.6. The van der Waals surface area contributed by atoms with E-state index in [0.29, 0.717) is 45.0 Å². The standard InChI is InChI=1S/C23H26N4O4S2/c28-23(18-4-3-5-19(16-18)33(29,30)27-12-14-31-15-13-27)26-10-8-25(9-11-26)17-22-24-20-6-1-2-7-21(20)32-22/h1-7,16H,8-15,17H2. The SMILES string of the molecule is O=C(c1cccc(S(=O)(=O)N2CCOCC2)c1)N1CCN(Cc2nc3ccccc3s2)CC1. The summed E-state index contributed by atoms with van der Waals surface area (Å²) in [6.07, 6.45) is 0. The van der Waals surface area contributed by atoms with Gasteiger partial charge in [0.15, 0.2) is 0 Å². The fourth-order valence-corrected chi connectivity index (χ4v) is 6.66. The number of hydrogen-bond donors (Lipinski definition) is 0. The number of amides is 1. The molecular weight excluding hydrogens is 460 g/mol. The fraction of sp³-hybridized carbons (Fsp3) is 0.391. The molecule has 2 saturated heterocycles. The van der Waals surface area contributed by atoms with Gasteiger partial charge < -0.3 is 9.64 Å². The highest BCUT2D eigenvalue weighted by molar-refractivity contribution is 7.89.